The van der Waals surface area contributed by atoms with E-state index >= 15 is 0 Å². The summed E-state index contributed by atoms with van der Waals surface area (Å²) >= 11 is 0. The number of hydrogen-bond donors (Lipinski definition) is 0. The molecule has 3 aliphatic heterocycles. The van der Waals surface area contributed by atoms with Crippen molar-refractivity contribution in [3.05, 3.63) is 0 Å². The number of hydrogen-bond acceptors (Lipinski definition) is 3. The lowest BCUT2D eigenvalue weighted by atomic mass is 9.95. The first-order valence-electron chi connectivity index (χ1n) is 10.1. The summed E-state index contributed by atoms with van der Waals surface area (Å²) in [6.45, 7) is 17.7. The van der Waals surface area contributed by atoms with Gasteiger partial charge in [0.25, 0.3) is 0 Å². The van der Waals surface area contributed by atoms with Crippen LogP contribution in [0.25, 0.3) is 0 Å². The lowest BCUT2D eigenvalue weighted by Gasteiger charge is -2.50. The Morgan fingerprint density at radius 1 is 0.783 bits per heavy atom. The molecule has 0 bridgehead atoms. The van der Waals surface area contributed by atoms with Crippen LogP contribution in [0.5, 0.6) is 0 Å². The van der Waals surface area contributed by atoms with E-state index in [2.05, 4.69) is 42.4 Å². The van der Waals surface area contributed by atoms with Gasteiger partial charge in [-0.1, -0.05) is 6.92 Å². The van der Waals surface area contributed by atoms with Crippen molar-refractivity contribution in [2.24, 2.45) is 17.8 Å². The molecule has 3 heterocycles. The maximum Gasteiger partial charge on any atom is 0.0350 e. The van der Waals surface area contributed by atoms with Crippen LogP contribution in [-0.4, -0.2) is 71.6 Å². The summed E-state index contributed by atoms with van der Waals surface area (Å²) in [5, 5.41) is 0. The molecule has 0 aromatic heterocycles. The molecule has 3 unspecified atom stereocenters. The summed E-state index contributed by atoms with van der Waals surface area (Å²) in [4.78, 5) is 8.35. The maximum atomic E-state index is 2.82. The number of rotatable bonds is 2. The smallest absolute Gasteiger partial charge is 0.0350 e. The van der Waals surface area contributed by atoms with Crippen LogP contribution in [0, 0.1) is 17.8 Å². The SMILES string of the molecule is CC1CCCN(C2CN(C3CC4CN(C(C)(C)C)CC4C3)C2)C1. The van der Waals surface area contributed by atoms with Crippen molar-refractivity contribution in [3.63, 3.8) is 0 Å². The number of piperidine rings is 1. The maximum absolute atomic E-state index is 2.82. The summed E-state index contributed by atoms with van der Waals surface area (Å²) in [5.74, 6) is 2.88. The molecule has 0 amide bonds. The average Bonchev–Trinajstić information content (AvgIpc) is 2.94. The van der Waals surface area contributed by atoms with Gasteiger partial charge >= 0.3 is 0 Å². The highest BCUT2D eigenvalue weighted by atomic mass is 15.3. The van der Waals surface area contributed by atoms with Gasteiger partial charge in [-0.05, 0) is 70.8 Å². The van der Waals surface area contributed by atoms with E-state index in [4.69, 9.17) is 0 Å². The first-order chi connectivity index (χ1) is 10.9. The van der Waals surface area contributed by atoms with Crippen LogP contribution in [0.3, 0.4) is 0 Å². The average molecular weight is 320 g/mol. The fourth-order valence-corrected chi connectivity index (χ4v) is 5.69. The van der Waals surface area contributed by atoms with Crippen LogP contribution in [0.4, 0.5) is 0 Å². The zero-order valence-electron chi connectivity index (χ0n) is 15.8. The van der Waals surface area contributed by atoms with E-state index in [1.54, 1.807) is 0 Å². The second kappa shape index (κ2) is 6.00. The van der Waals surface area contributed by atoms with Gasteiger partial charge in [-0.3, -0.25) is 14.7 Å². The third-order valence-electron chi connectivity index (χ3n) is 7.29. The molecule has 23 heavy (non-hydrogen) atoms. The topological polar surface area (TPSA) is 9.72 Å². The molecule has 0 radical (unpaired) electrons. The minimum Gasteiger partial charge on any atom is -0.298 e. The second-order valence-corrected chi connectivity index (χ2v) is 10.1. The highest BCUT2D eigenvalue weighted by Crippen LogP contribution is 2.43. The summed E-state index contributed by atoms with van der Waals surface area (Å²) in [7, 11) is 0. The zero-order chi connectivity index (χ0) is 16.2. The lowest BCUT2D eigenvalue weighted by Crippen LogP contribution is -2.63. The molecular weight excluding hydrogens is 282 g/mol. The van der Waals surface area contributed by atoms with E-state index in [0.717, 1.165) is 29.8 Å². The van der Waals surface area contributed by atoms with Gasteiger partial charge in [-0.25, -0.2) is 0 Å². The molecule has 1 saturated carbocycles. The molecule has 0 N–H and O–H groups in total. The van der Waals surface area contributed by atoms with Gasteiger partial charge in [-0.2, -0.15) is 0 Å². The first-order valence-corrected chi connectivity index (χ1v) is 10.1. The highest BCUT2D eigenvalue weighted by Gasteiger charge is 2.47. The van der Waals surface area contributed by atoms with Gasteiger partial charge < -0.3 is 0 Å². The monoisotopic (exact) mass is 319 g/mol. The van der Waals surface area contributed by atoms with E-state index in [0.29, 0.717) is 5.54 Å². The Balaban J connectivity index is 1.24. The van der Waals surface area contributed by atoms with Crippen molar-refractivity contribution < 1.29 is 0 Å². The quantitative estimate of drug-likeness (QED) is 0.775. The van der Waals surface area contributed by atoms with Gasteiger partial charge in [-0.15, -0.1) is 0 Å². The molecule has 132 valence electrons. The van der Waals surface area contributed by atoms with Crippen molar-refractivity contribution in [1.82, 2.24) is 14.7 Å². The molecule has 3 atom stereocenters. The molecule has 3 nitrogen and oxygen atoms in total. The van der Waals surface area contributed by atoms with Crippen molar-refractivity contribution in [1.29, 1.82) is 0 Å². The van der Waals surface area contributed by atoms with Crippen LogP contribution in [0.15, 0.2) is 0 Å². The summed E-state index contributed by atoms with van der Waals surface area (Å²) in [6.07, 6.45) is 5.82. The van der Waals surface area contributed by atoms with Crippen molar-refractivity contribution in [2.75, 3.05) is 39.3 Å². The molecule has 0 aromatic carbocycles. The van der Waals surface area contributed by atoms with Crippen molar-refractivity contribution in [2.45, 2.75) is 71.0 Å². The Morgan fingerprint density at radius 3 is 2.00 bits per heavy atom. The molecule has 3 saturated heterocycles. The second-order valence-electron chi connectivity index (χ2n) is 10.1. The van der Waals surface area contributed by atoms with Crippen LogP contribution in [0.1, 0.15) is 53.4 Å². The number of likely N-dealkylation sites (tertiary alicyclic amines) is 3. The largest absolute Gasteiger partial charge is 0.298 e. The Bertz CT molecular complexity index is 409. The van der Waals surface area contributed by atoms with Crippen LogP contribution < -0.4 is 0 Å². The van der Waals surface area contributed by atoms with Gasteiger partial charge in [0.2, 0.25) is 0 Å². The van der Waals surface area contributed by atoms with Crippen molar-refractivity contribution in [3.8, 4) is 0 Å². The minimum atomic E-state index is 0.368. The first kappa shape index (κ1) is 16.4. The number of fused-ring (bicyclic) bond motifs is 1. The van der Waals surface area contributed by atoms with E-state index in [-0.39, 0.29) is 0 Å². The lowest BCUT2D eigenvalue weighted by molar-refractivity contribution is -0.0135. The van der Waals surface area contributed by atoms with Gasteiger partial charge in [0.1, 0.15) is 0 Å². The molecule has 4 fully saturated rings. The van der Waals surface area contributed by atoms with Gasteiger partial charge in [0, 0.05) is 50.3 Å². The zero-order valence-corrected chi connectivity index (χ0v) is 15.8. The third kappa shape index (κ3) is 3.21. The Hall–Kier alpha value is -0.120. The fraction of sp³-hybridized carbons (Fsp3) is 1.00. The summed E-state index contributed by atoms with van der Waals surface area (Å²) in [5.41, 5.74) is 0.368. The molecular formula is C20H37N3. The molecule has 0 spiro atoms. The number of nitrogens with zero attached hydrogens (tertiary/aromatic N) is 3. The fourth-order valence-electron chi connectivity index (χ4n) is 5.69. The van der Waals surface area contributed by atoms with Crippen LogP contribution >= 0.6 is 0 Å². The Kier molecular flexibility index (Phi) is 4.26. The van der Waals surface area contributed by atoms with Crippen molar-refractivity contribution >= 4 is 0 Å². The molecule has 1 aliphatic carbocycles. The normalized spacial score (nSPS) is 41.2. The van der Waals surface area contributed by atoms with E-state index in [1.165, 1.54) is 65.0 Å². The Morgan fingerprint density at radius 2 is 1.43 bits per heavy atom. The standard InChI is InChI=1S/C20H37N3/c1-15-6-5-7-21(10-15)19-13-22(14-19)18-8-16-11-23(20(2,3)4)12-17(16)9-18/h15-19H,5-14H2,1-4H3. The van der Waals surface area contributed by atoms with Crippen LogP contribution in [0.2, 0.25) is 0 Å². The predicted molar refractivity (Wildman–Crippen MR) is 96.7 cm³/mol. The molecule has 0 aromatic rings. The third-order valence-corrected chi connectivity index (χ3v) is 7.29. The summed E-state index contributed by atoms with van der Waals surface area (Å²) in [6, 6.07) is 1.79. The molecule has 4 rings (SSSR count). The van der Waals surface area contributed by atoms with Gasteiger partial charge in [0.15, 0.2) is 0 Å². The van der Waals surface area contributed by atoms with E-state index in [9.17, 15) is 0 Å². The minimum absolute atomic E-state index is 0.368. The Labute approximate surface area is 143 Å². The molecule has 3 heteroatoms. The van der Waals surface area contributed by atoms with E-state index in [1.807, 2.05) is 0 Å². The van der Waals surface area contributed by atoms with E-state index < -0.39 is 0 Å². The van der Waals surface area contributed by atoms with Gasteiger partial charge in [0.05, 0.1) is 0 Å². The molecule has 4 aliphatic rings. The highest BCUT2D eigenvalue weighted by molar-refractivity contribution is 5.02. The summed E-state index contributed by atoms with van der Waals surface area (Å²) < 4.78 is 0. The predicted octanol–water partition coefficient (Wildman–Crippen LogP) is 2.91. The van der Waals surface area contributed by atoms with Crippen LogP contribution in [-0.2, 0) is 0 Å².